The zero-order valence-corrected chi connectivity index (χ0v) is 17.3. The standard InChI is InChI=1S/C22H25N7O/c1-13-23-10-9-18(24-13)26-20-16-12-29(22(2,3)19(16)27-28-20)21(30)25-17-11-15(17)14-7-5-4-6-8-14/h4-10,15,17H,11-12H2,1-3H3,(H,25,30)(H2,23,24,26,27,28)/t15-,17+/m0/s1. The Morgan fingerprint density at radius 2 is 2.03 bits per heavy atom. The summed E-state index contributed by atoms with van der Waals surface area (Å²) in [5, 5.41) is 14.0. The number of nitrogens with one attached hydrogen (secondary N) is 3. The zero-order chi connectivity index (χ0) is 20.9. The molecule has 3 heterocycles. The molecule has 8 nitrogen and oxygen atoms in total. The van der Waals surface area contributed by atoms with Gasteiger partial charge >= 0.3 is 6.03 Å². The van der Waals surface area contributed by atoms with Crippen molar-refractivity contribution in [3.63, 3.8) is 0 Å². The van der Waals surface area contributed by atoms with Gasteiger partial charge in [-0.2, -0.15) is 5.10 Å². The van der Waals surface area contributed by atoms with Crippen molar-refractivity contribution in [2.75, 3.05) is 5.32 Å². The van der Waals surface area contributed by atoms with E-state index in [0.29, 0.717) is 29.9 Å². The molecule has 1 aliphatic carbocycles. The lowest BCUT2D eigenvalue weighted by atomic mass is 10.0. The first-order valence-corrected chi connectivity index (χ1v) is 10.2. The van der Waals surface area contributed by atoms with E-state index in [9.17, 15) is 4.79 Å². The van der Waals surface area contributed by atoms with E-state index < -0.39 is 5.54 Å². The van der Waals surface area contributed by atoms with E-state index in [-0.39, 0.29) is 12.1 Å². The fourth-order valence-corrected chi connectivity index (χ4v) is 4.25. The first-order valence-electron chi connectivity index (χ1n) is 10.2. The van der Waals surface area contributed by atoms with Gasteiger partial charge in [0.25, 0.3) is 0 Å². The van der Waals surface area contributed by atoms with Crippen LogP contribution in [0.1, 0.15) is 48.8 Å². The highest BCUT2D eigenvalue weighted by molar-refractivity contribution is 5.78. The fourth-order valence-electron chi connectivity index (χ4n) is 4.25. The van der Waals surface area contributed by atoms with Gasteiger partial charge in [-0.1, -0.05) is 30.3 Å². The molecule has 1 aromatic carbocycles. The summed E-state index contributed by atoms with van der Waals surface area (Å²) in [6.07, 6.45) is 2.69. The third kappa shape index (κ3) is 3.18. The summed E-state index contributed by atoms with van der Waals surface area (Å²) in [7, 11) is 0. The minimum atomic E-state index is -0.481. The molecule has 2 aliphatic rings. The first-order chi connectivity index (χ1) is 14.4. The molecular formula is C22H25N7O. The van der Waals surface area contributed by atoms with Crippen LogP contribution in [0.25, 0.3) is 0 Å². The second-order valence-corrected chi connectivity index (χ2v) is 8.49. The van der Waals surface area contributed by atoms with Gasteiger partial charge in [-0.3, -0.25) is 5.10 Å². The lowest BCUT2D eigenvalue weighted by molar-refractivity contribution is 0.142. The molecule has 1 saturated carbocycles. The Bertz CT molecular complexity index is 1090. The Kier molecular flexibility index (Phi) is 4.23. The average Bonchev–Trinajstić information content (AvgIpc) is 3.27. The van der Waals surface area contributed by atoms with Gasteiger partial charge in [-0.05, 0) is 38.8 Å². The number of hydrogen-bond acceptors (Lipinski definition) is 5. The highest BCUT2D eigenvalue weighted by atomic mass is 16.2. The number of aryl methyl sites for hydroxylation is 1. The van der Waals surface area contributed by atoms with Crippen LogP contribution >= 0.6 is 0 Å². The number of amides is 2. The molecule has 1 fully saturated rings. The summed E-state index contributed by atoms with van der Waals surface area (Å²) in [6.45, 7) is 6.41. The van der Waals surface area contributed by atoms with E-state index in [0.717, 1.165) is 17.7 Å². The van der Waals surface area contributed by atoms with Crippen LogP contribution in [0.3, 0.4) is 0 Å². The summed E-state index contributed by atoms with van der Waals surface area (Å²) in [5.41, 5.74) is 2.73. The minimum absolute atomic E-state index is 0.0446. The molecule has 5 rings (SSSR count). The molecule has 2 atom stereocenters. The molecule has 0 spiro atoms. The normalized spacial score (nSPS) is 21.2. The fraction of sp³-hybridized carbons (Fsp3) is 0.364. The summed E-state index contributed by atoms with van der Waals surface area (Å²) in [5.74, 6) is 2.46. The smallest absolute Gasteiger partial charge is 0.318 e. The monoisotopic (exact) mass is 403 g/mol. The minimum Gasteiger partial charge on any atom is -0.335 e. The Morgan fingerprint density at radius 1 is 1.23 bits per heavy atom. The van der Waals surface area contributed by atoms with Gasteiger partial charge in [0.2, 0.25) is 0 Å². The number of urea groups is 1. The van der Waals surface area contributed by atoms with Gasteiger partial charge in [-0.25, -0.2) is 14.8 Å². The van der Waals surface area contributed by atoms with Crippen LogP contribution < -0.4 is 10.6 Å². The quantitative estimate of drug-likeness (QED) is 0.619. The van der Waals surface area contributed by atoms with E-state index in [1.165, 1.54) is 5.56 Å². The van der Waals surface area contributed by atoms with Crippen molar-refractivity contribution >= 4 is 17.7 Å². The summed E-state index contributed by atoms with van der Waals surface area (Å²) >= 11 is 0. The number of hydrogen-bond donors (Lipinski definition) is 3. The number of anilines is 2. The zero-order valence-electron chi connectivity index (χ0n) is 17.3. The van der Waals surface area contributed by atoms with E-state index in [1.54, 1.807) is 12.3 Å². The lowest BCUT2D eigenvalue weighted by Crippen LogP contribution is -2.47. The number of nitrogens with zero attached hydrogens (tertiary/aromatic N) is 4. The highest BCUT2D eigenvalue weighted by Crippen LogP contribution is 2.43. The number of aromatic amines is 1. The van der Waals surface area contributed by atoms with Gasteiger partial charge in [0.05, 0.1) is 17.8 Å². The molecule has 0 bridgehead atoms. The van der Waals surface area contributed by atoms with E-state index >= 15 is 0 Å². The maximum atomic E-state index is 13.1. The average molecular weight is 403 g/mol. The molecule has 3 N–H and O–H groups in total. The number of carbonyl (C=O) groups excluding carboxylic acids is 1. The Hall–Kier alpha value is -3.42. The van der Waals surface area contributed by atoms with Crippen molar-refractivity contribution in [3.05, 3.63) is 65.2 Å². The lowest BCUT2D eigenvalue weighted by Gasteiger charge is -2.32. The van der Waals surface area contributed by atoms with Crippen molar-refractivity contribution in [2.24, 2.45) is 0 Å². The van der Waals surface area contributed by atoms with Crippen molar-refractivity contribution in [3.8, 4) is 0 Å². The molecule has 0 radical (unpaired) electrons. The Labute approximate surface area is 175 Å². The third-order valence-corrected chi connectivity index (χ3v) is 6.06. The Balaban J connectivity index is 1.30. The van der Waals surface area contributed by atoms with Gasteiger partial charge in [-0.15, -0.1) is 0 Å². The van der Waals surface area contributed by atoms with Crippen LogP contribution in [-0.4, -0.2) is 37.1 Å². The molecule has 3 aromatic rings. The topological polar surface area (TPSA) is 98.8 Å². The molecule has 154 valence electrons. The van der Waals surface area contributed by atoms with Crippen molar-refractivity contribution < 1.29 is 4.79 Å². The maximum Gasteiger partial charge on any atom is 0.318 e. The van der Waals surface area contributed by atoms with E-state index in [1.807, 2.05) is 43.9 Å². The summed E-state index contributed by atoms with van der Waals surface area (Å²) in [4.78, 5) is 23.5. The number of benzene rings is 1. The van der Waals surface area contributed by atoms with Crippen LogP contribution in [0.4, 0.5) is 16.4 Å². The molecule has 0 unspecified atom stereocenters. The number of carbonyl (C=O) groups is 1. The predicted octanol–water partition coefficient (Wildman–Crippen LogP) is 3.57. The predicted molar refractivity (Wildman–Crippen MR) is 113 cm³/mol. The van der Waals surface area contributed by atoms with Gasteiger partial charge in [0.1, 0.15) is 11.6 Å². The molecule has 0 saturated heterocycles. The number of fused-ring (bicyclic) bond motifs is 1. The van der Waals surface area contributed by atoms with Crippen molar-refractivity contribution in [1.82, 2.24) is 30.4 Å². The summed E-state index contributed by atoms with van der Waals surface area (Å²) < 4.78 is 0. The van der Waals surface area contributed by atoms with Crippen LogP contribution in [0.5, 0.6) is 0 Å². The molecule has 8 heteroatoms. The largest absolute Gasteiger partial charge is 0.335 e. The summed E-state index contributed by atoms with van der Waals surface area (Å²) in [6, 6.07) is 12.3. The van der Waals surface area contributed by atoms with E-state index in [4.69, 9.17) is 0 Å². The second-order valence-electron chi connectivity index (χ2n) is 8.49. The molecular weight excluding hydrogens is 378 g/mol. The van der Waals surface area contributed by atoms with Crippen LogP contribution in [0, 0.1) is 6.92 Å². The van der Waals surface area contributed by atoms with Gasteiger partial charge in [0, 0.05) is 23.7 Å². The molecule has 1 aliphatic heterocycles. The maximum absolute atomic E-state index is 13.1. The Morgan fingerprint density at radius 3 is 2.80 bits per heavy atom. The SMILES string of the molecule is Cc1nccc(Nc2n[nH]c3c2CN(C(=O)N[C@@H]2C[C@H]2c2ccccc2)C3(C)C)n1. The molecule has 2 aromatic heterocycles. The van der Waals surface area contributed by atoms with Crippen molar-refractivity contribution in [2.45, 2.75) is 51.2 Å². The molecule has 2 amide bonds. The number of rotatable bonds is 4. The van der Waals surface area contributed by atoms with Crippen LogP contribution in [-0.2, 0) is 12.1 Å². The highest BCUT2D eigenvalue weighted by Gasteiger charge is 2.46. The van der Waals surface area contributed by atoms with E-state index in [2.05, 4.69) is 42.9 Å². The van der Waals surface area contributed by atoms with Crippen LogP contribution in [0.2, 0.25) is 0 Å². The van der Waals surface area contributed by atoms with Gasteiger partial charge in [0.15, 0.2) is 5.82 Å². The molecule has 30 heavy (non-hydrogen) atoms. The third-order valence-electron chi connectivity index (χ3n) is 6.06. The van der Waals surface area contributed by atoms with Gasteiger partial charge < -0.3 is 15.5 Å². The second kappa shape index (κ2) is 6.83. The van der Waals surface area contributed by atoms with Crippen molar-refractivity contribution in [1.29, 1.82) is 0 Å². The first kappa shape index (κ1) is 18.6. The number of H-pyrrole nitrogens is 1. The number of aromatic nitrogens is 4. The van der Waals surface area contributed by atoms with Crippen LogP contribution in [0.15, 0.2) is 42.6 Å².